The van der Waals surface area contributed by atoms with Crippen LogP contribution in [-0.2, 0) is 0 Å². The monoisotopic (exact) mass is 244 g/mol. The van der Waals surface area contributed by atoms with Crippen molar-refractivity contribution in [2.75, 3.05) is 6.54 Å². The molecule has 2 atom stereocenters. The highest BCUT2D eigenvalue weighted by molar-refractivity contribution is 6.42. The van der Waals surface area contributed by atoms with Crippen LogP contribution < -0.4 is 11.1 Å². The Balaban J connectivity index is 2.16. The number of ketones is 1. The van der Waals surface area contributed by atoms with Crippen molar-refractivity contribution in [2.45, 2.75) is 12.1 Å². The molecular weight excluding hydrogens is 235 g/mol. The summed E-state index contributed by atoms with van der Waals surface area (Å²) in [6.07, 6.45) is 0. The van der Waals surface area contributed by atoms with Crippen molar-refractivity contribution in [3.8, 4) is 0 Å². The van der Waals surface area contributed by atoms with Gasteiger partial charge in [-0.3, -0.25) is 10.1 Å². The Morgan fingerprint density at radius 2 is 2.13 bits per heavy atom. The van der Waals surface area contributed by atoms with E-state index in [1.165, 1.54) is 0 Å². The Morgan fingerprint density at radius 3 is 2.67 bits per heavy atom. The van der Waals surface area contributed by atoms with Gasteiger partial charge in [-0.25, -0.2) is 0 Å². The second kappa shape index (κ2) is 4.10. The summed E-state index contributed by atoms with van der Waals surface area (Å²) in [6, 6.07) is 4.82. The van der Waals surface area contributed by atoms with Crippen molar-refractivity contribution in [2.24, 2.45) is 5.73 Å². The minimum Gasteiger partial charge on any atom is -0.329 e. The van der Waals surface area contributed by atoms with Crippen LogP contribution in [-0.4, -0.2) is 24.4 Å². The molecule has 0 spiro atoms. The third-order valence-corrected chi connectivity index (χ3v) is 3.17. The minimum atomic E-state index is -0.160. The first kappa shape index (κ1) is 10.9. The zero-order valence-electron chi connectivity index (χ0n) is 7.84. The van der Waals surface area contributed by atoms with Gasteiger partial charge in [0, 0.05) is 18.2 Å². The fraction of sp³-hybridized carbons (Fsp3) is 0.300. The number of halogens is 2. The fourth-order valence-electron chi connectivity index (χ4n) is 1.47. The van der Waals surface area contributed by atoms with E-state index in [0.29, 0.717) is 22.2 Å². The van der Waals surface area contributed by atoms with Crippen molar-refractivity contribution in [3.63, 3.8) is 0 Å². The molecule has 1 aliphatic rings. The van der Waals surface area contributed by atoms with Gasteiger partial charge in [0.25, 0.3) is 0 Å². The summed E-state index contributed by atoms with van der Waals surface area (Å²) in [5, 5.41) is 3.85. The molecule has 1 heterocycles. The quantitative estimate of drug-likeness (QED) is 0.626. The second-order valence-corrected chi connectivity index (χ2v) is 4.29. The molecule has 0 radical (unpaired) electrons. The molecule has 5 heteroatoms. The van der Waals surface area contributed by atoms with E-state index in [2.05, 4.69) is 5.32 Å². The normalized spacial score (nSPS) is 23.9. The highest BCUT2D eigenvalue weighted by atomic mass is 35.5. The maximum absolute atomic E-state index is 11.8. The summed E-state index contributed by atoms with van der Waals surface area (Å²) in [6.45, 7) is 0.470. The van der Waals surface area contributed by atoms with Crippen LogP contribution in [0.25, 0.3) is 0 Å². The Bertz CT molecular complexity index is 408. The maximum Gasteiger partial charge on any atom is 0.181 e. The van der Waals surface area contributed by atoms with Crippen LogP contribution in [0.15, 0.2) is 18.2 Å². The molecule has 1 aliphatic heterocycles. The zero-order valence-corrected chi connectivity index (χ0v) is 9.35. The van der Waals surface area contributed by atoms with Gasteiger partial charge < -0.3 is 5.73 Å². The molecule has 0 aliphatic carbocycles. The van der Waals surface area contributed by atoms with Crippen LogP contribution in [0.5, 0.6) is 0 Å². The SMILES string of the molecule is NCC1NC1C(=O)c1ccc(Cl)c(Cl)c1. The largest absolute Gasteiger partial charge is 0.329 e. The molecule has 1 aromatic carbocycles. The number of carbonyl (C=O) groups excluding carboxylic acids is 1. The average molecular weight is 245 g/mol. The molecule has 0 aromatic heterocycles. The zero-order chi connectivity index (χ0) is 11.0. The highest BCUT2D eigenvalue weighted by Gasteiger charge is 2.41. The number of Topliss-reactive ketones (excluding diaryl/α,β-unsaturated/α-hetero) is 1. The van der Waals surface area contributed by atoms with Gasteiger partial charge in [0.15, 0.2) is 5.78 Å². The Kier molecular flexibility index (Phi) is 2.98. The van der Waals surface area contributed by atoms with Crippen LogP contribution in [0.2, 0.25) is 10.0 Å². The van der Waals surface area contributed by atoms with Gasteiger partial charge in [-0.1, -0.05) is 23.2 Å². The standard InChI is InChI=1S/C10H10Cl2N2O/c11-6-2-1-5(3-7(6)12)10(15)9-8(4-13)14-9/h1-3,8-9,14H,4,13H2. The lowest BCUT2D eigenvalue weighted by atomic mass is 10.1. The number of hydrogen-bond donors (Lipinski definition) is 2. The van der Waals surface area contributed by atoms with Crippen molar-refractivity contribution < 1.29 is 4.79 Å². The first-order chi connectivity index (χ1) is 7.13. The van der Waals surface area contributed by atoms with Crippen LogP contribution in [0.1, 0.15) is 10.4 Å². The summed E-state index contributed by atoms with van der Waals surface area (Å²) < 4.78 is 0. The molecule has 0 amide bonds. The summed E-state index contributed by atoms with van der Waals surface area (Å²) in [4.78, 5) is 11.8. The lowest BCUT2D eigenvalue weighted by molar-refractivity contribution is 0.0988. The Labute approximate surface area is 97.5 Å². The Morgan fingerprint density at radius 1 is 1.40 bits per heavy atom. The van der Waals surface area contributed by atoms with Gasteiger partial charge in [0.05, 0.1) is 16.1 Å². The molecule has 0 saturated carbocycles. The molecule has 80 valence electrons. The lowest BCUT2D eigenvalue weighted by Crippen LogP contribution is -2.16. The van der Waals surface area contributed by atoms with E-state index < -0.39 is 0 Å². The van der Waals surface area contributed by atoms with Crippen LogP contribution in [0, 0.1) is 0 Å². The predicted octanol–water partition coefficient (Wildman–Crippen LogP) is 1.48. The molecule has 1 aromatic rings. The minimum absolute atomic E-state index is 0.0176. The molecule has 2 unspecified atom stereocenters. The molecule has 2 rings (SSSR count). The van der Waals surface area contributed by atoms with Gasteiger partial charge in [-0.2, -0.15) is 0 Å². The number of benzene rings is 1. The third-order valence-electron chi connectivity index (χ3n) is 2.43. The first-order valence-electron chi connectivity index (χ1n) is 4.59. The maximum atomic E-state index is 11.8. The summed E-state index contributed by atoms with van der Waals surface area (Å²) in [5.74, 6) is 0.0176. The summed E-state index contributed by atoms with van der Waals surface area (Å²) in [5.41, 5.74) is 6.00. The van der Waals surface area contributed by atoms with Gasteiger partial charge in [-0.15, -0.1) is 0 Å². The van der Waals surface area contributed by atoms with Crippen LogP contribution >= 0.6 is 23.2 Å². The van der Waals surface area contributed by atoms with Crippen LogP contribution in [0.3, 0.4) is 0 Å². The average Bonchev–Trinajstić information content (AvgIpc) is 3.00. The summed E-state index contributed by atoms with van der Waals surface area (Å²) in [7, 11) is 0. The lowest BCUT2D eigenvalue weighted by Gasteiger charge is -2.00. The van der Waals surface area contributed by atoms with E-state index in [1.54, 1.807) is 18.2 Å². The van der Waals surface area contributed by atoms with Crippen molar-refractivity contribution in [1.29, 1.82) is 0 Å². The number of hydrogen-bond acceptors (Lipinski definition) is 3. The van der Waals surface area contributed by atoms with E-state index in [-0.39, 0.29) is 17.9 Å². The van der Waals surface area contributed by atoms with E-state index in [0.717, 1.165) is 0 Å². The van der Waals surface area contributed by atoms with E-state index in [9.17, 15) is 4.79 Å². The van der Waals surface area contributed by atoms with Crippen molar-refractivity contribution in [1.82, 2.24) is 5.32 Å². The van der Waals surface area contributed by atoms with Crippen molar-refractivity contribution >= 4 is 29.0 Å². The Hall–Kier alpha value is -0.610. The topological polar surface area (TPSA) is 65.0 Å². The van der Waals surface area contributed by atoms with Gasteiger partial charge in [-0.05, 0) is 18.2 Å². The highest BCUT2D eigenvalue weighted by Crippen LogP contribution is 2.25. The molecule has 1 fully saturated rings. The predicted molar refractivity (Wildman–Crippen MR) is 60.6 cm³/mol. The number of rotatable bonds is 3. The number of nitrogens with two attached hydrogens (primary N) is 1. The van der Waals surface area contributed by atoms with E-state index in [4.69, 9.17) is 28.9 Å². The second-order valence-electron chi connectivity index (χ2n) is 3.48. The number of carbonyl (C=O) groups is 1. The molecular formula is C10H10Cl2N2O. The first-order valence-corrected chi connectivity index (χ1v) is 5.34. The van der Waals surface area contributed by atoms with E-state index in [1.807, 2.05) is 0 Å². The van der Waals surface area contributed by atoms with E-state index >= 15 is 0 Å². The number of nitrogens with one attached hydrogen (secondary N) is 1. The molecule has 1 saturated heterocycles. The fourth-order valence-corrected chi connectivity index (χ4v) is 1.76. The van der Waals surface area contributed by atoms with Crippen molar-refractivity contribution in [3.05, 3.63) is 33.8 Å². The molecule has 0 bridgehead atoms. The third kappa shape index (κ3) is 2.16. The van der Waals surface area contributed by atoms with Gasteiger partial charge >= 0.3 is 0 Å². The van der Waals surface area contributed by atoms with Gasteiger partial charge in [0.2, 0.25) is 0 Å². The molecule has 3 N–H and O–H groups in total. The smallest absolute Gasteiger partial charge is 0.181 e. The van der Waals surface area contributed by atoms with Crippen LogP contribution in [0.4, 0.5) is 0 Å². The summed E-state index contributed by atoms with van der Waals surface area (Å²) >= 11 is 11.6. The molecule has 15 heavy (non-hydrogen) atoms. The molecule has 3 nitrogen and oxygen atoms in total. The van der Waals surface area contributed by atoms with Gasteiger partial charge in [0.1, 0.15) is 0 Å².